The number of carbonyl (C=O) groups excluding carboxylic acids is 1. The summed E-state index contributed by atoms with van der Waals surface area (Å²) < 4.78 is 1.51. The molecule has 2 rings (SSSR count). The first-order valence-electron chi connectivity index (χ1n) is 6.72. The molecule has 0 amide bonds. The van der Waals surface area contributed by atoms with Gasteiger partial charge in [-0.05, 0) is 11.6 Å². The molecule has 0 radical (unpaired) electrons. The van der Waals surface area contributed by atoms with Crippen molar-refractivity contribution >= 4 is 12.2 Å². The molecule has 0 unspecified atom stereocenters. The number of benzene rings is 1. The van der Waals surface area contributed by atoms with Crippen LogP contribution in [0.3, 0.4) is 0 Å². The van der Waals surface area contributed by atoms with Crippen LogP contribution >= 0.6 is 0 Å². The van der Waals surface area contributed by atoms with Crippen LogP contribution in [0.4, 0.5) is 0 Å². The van der Waals surface area contributed by atoms with Crippen LogP contribution in [0.25, 0.3) is 0 Å². The van der Waals surface area contributed by atoms with Crippen molar-refractivity contribution in [1.82, 2.24) is 9.78 Å². The zero-order chi connectivity index (χ0) is 15.5. The van der Waals surface area contributed by atoms with Crippen molar-refractivity contribution in [2.45, 2.75) is 26.2 Å². The SMILES string of the molecule is Cn1nc(C(C)(C)C)cc1C(=O)ON=Cc1ccccc1. The van der Waals surface area contributed by atoms with E-state index >= 15 is 0 Å². The third kappa shape index (κ3) is 3.78. The lowest BCUT2D eigenvalue weighted by atomic mass is 9.92. The van der Waals surface area contributed by atoms with E-state index in [4.69, 9.17) is 4.84 Å². The Balaban J connectivity index is 2.07. The van der Waals surface area contributed by atoms with Crippen LogP contribution in [0.2, 0.25) is 0 Å². The van der Waals surface area contributed by atoms with Gasteiger partial charge in [0.1, 0.15) is 5.69 Å². The quantitative estimate of drug-likeness (QED) is 0.495. The molecule has 0 N–H and O–H groups in total. The van der Waals surface area contributed by atoms with Gasteiger partial charge in [-0.25, -0.2) is 4.79 Å². The molecule has 0 aliphatic heterocycles. The fraction of sp³-hybridized carbons (Fsp3) is 0.312. The van der Waals surface area contributed by atoms with Gasteiger partial charge in [-0.1, -0.05) is 56.3 Å². The highest BCUT2D eigenvalue weighted by Crippen LogP contribution is 2.21. The molecule has 0 fully saturated rings. The van der Waals surface area contributed by atoms with E-state index in [1.807, 2.05) is 51.1 Å². The summed E-state index contributed by atoms with van der Waals surface area (Å²) in [4.78, 5) is 16.9. The molecule has 110 valence electrons. The van der Waals surface area contributed by atoms with E-state index in [-0.39, 0.29) is 5.41 Å². The summed E-state index contributed by atoms with van der Waals surface area (Å²) in [6.07, 6.45) is 1.50. The second-order valence-electron chi connectivity index (χ2n) is 5.81. The minimum Gasteiger partial charge on any atom is -0.311 e. The Labute approximate surface area is 124 Å². The maximum Gasteiger partial charge on any atom is 0.383 e. The number of aryl methyl sites for hydroxylation is 1. The molecular formula is C16H19N3O2. The molecule has 0 spiro atoms. The first kappa shape index (κ1) is 15.0. The number of hydrogen-bond donors (Lipinski definition) is 0. The summed E-state index contributed by atoms with van der Waals surface area (Å²) in [5, 5.41) is 8.05. The van der Waals surface area contributed by atoms with E-state index in [1.54, 1.807) is 13.1 Å². The van der Waals surface area contributed by atoms with E-state index in [0.29, 0.717) is 5.69 Å². The molecule has 0 aliphatic rings. The fourth-order valence-corrected chi connectivity index (χ4v) is 1.75. The van der Waals surface area contributed by atoms with Crippen molar-refractivity contribution in [3.8, 4) is 0 Å². The highest BCUT2D eigenvalue weighted by atomic mass is 16.7. The highest BCUT2D eigenvalue weighted by Gasteiger charge is 2.22. The normalized spacial score (nSPS) is 11.8. The van der Waals surface area contributed by atoms with Gasteiger partial charge < -0.3 is 4.84 Å². The smallest absolute Gasteiger partial charge is 0.311 e. The van der Waals surface area contributed by atoms with Crippen LogP contribution in [0, 0.1) is 0 Å². The Kier molecular flexibility index (Phi) is 4.21. The monoisotopic (exact) mass is 285 g/mol. The molecule has 0 aliphatic carbocycles. The lowest BCUT2D eigenvalue weighted by Gasteiger charge is -2.13. The van der Waals surface area contributed by atoms with Gasteiger partial charge >= 0.3 is 5.97 Å². The summed E-state index contributed by atoms with van der Waals surface area (Å²) in [7, 11) is 1.72. The Morgan fingerprint density at radius 3 is 2.52 bits per heavy atom. The zero-order valence-corrected chi connectivity index (χ0v) is 12.7. The summed E-state index contributed by atoms with van der Waals surface area (Å²) in [6.45, 7) is 6.12. The number of carbonyl (C=O) groups is 1. The third-order valence-corrected chi connectivity index (χ3v) is 2.99. The predicted octanol–water partition coefficient (Wildman–Crippen LogP) is 2.91. The van der Waals surface area contributed by atoms with Crippen LogP contribution in [0.15, 0.2) is 41.6 Å². The largest absolute Gasteiger partial charge is 0.383 e. The number of aromatic nitrogens is 2. The minimum atomic E-state index is -0.521. The zero-order valence-electron chi connectivity index (χ0n) is 12.7. The molecular weight excluding hydrogens is 266 g/mol. The molecule has 1 aromatic carbocycles. The molecule has 0 bridgehead atoms. The fourth-order valence-electron chi connectivity index (χ4n) is 1.75. The molecule has 0 saturated heterocycles. The third-order valence-electron chi connectivity index (χ3n) is 2.99. The van der Waals surface area contributed by atoms with Crippen molar-refractivity contribution in [3.05, 3.63) is 53.3 Å². The standard InChI is InChI=1S/C16H19N3O2/c1-16(2,3)14-10-13(19(4)18-14)15(20)21-17-11-12-8-6-5-7-9-12/h5-11H,1-4H3. The average molecular weight is 285 g/mol. The van der Waals surface area contributed by atoms with E-state index in [0.717, 1.165) is 11.3 Å². The summed E-state index contributed by atoms with van der Waals surface area (Å²) in [5.41, 5.74) is 1.96. The van der Waals surface area contributed by atoms with Gasteiger partial charge in [0.25, 0.3) is 0 Å². The van der Waals surface area contributed by atoms with E-state index in [2.05, 4.69) is 10.3 Å². The van der Waals surface area contributed by atoms with Crippen molar-refractivity contribution in [2.24, 2.45) is 12.2 Å². The molecule has 5 nitrogen and oxygen atoms in total. The van der Waals surface area contributed by atoms with Gasteiger partial charge in [0.15, 0.2) is 0 Å². The lowest BCUT2D eigenvalue weighted by Crippen LogP contribution is -2.12. The van der Waals surface area contributed by atoms with Gasteiger partial charge in [-0.3, -0.25) is 4.68 Å². The Bertz CT molecular complexity index is 652. The van der Waals surface area contributed by atoms with E-state index in [9.17, 15) is 4.79 Å². The Morgan fingerprint density at radius 2 is 1.95 bits per heavy atom. The lowest BCUT2D eigenvalue weighted by molar-refractivity contribution is 0.0506. The molecule has 1 aromatic heterocycles. The van der Waals surface area contributed by atoms with Crippen LogP contribution < -0.4 is 0 Å². The van der Waals surface area contributed by atoms with Gasteiger partial charge in [-0.15, -0.1) is 0 Å². The number of oxime groups is 1. The van der Waals surface area contributed by atoms with E-state index < -0.39 is 5.97 Å². The van der Waals surface area contributed by atoms with Gasteiger partial charge in [0, 0.05) is 12.5 Å². The minimum absolute atomic E-state index is 0.121. The molecule has 21 heavy (non-hydrogen) atoms. The first-order chi connectivity index (χ1) is 9.88. The molecule has 2 aromatic rings. The molecule has 0 atom stereocenters. The second kappa shape index (κ2) is 5.91. The second-order valence-corrected chi connectivity index (χ2v) is 5.81. The number of hydrogen-bond acceptors (Lipinski definition) is 4. The molecule has 1 heterocycles. The van der Waals surface area contributed by atoms with Crippen LogP contribution in [-0.4, -0.2) is 22.0 Å². The molecule has 5 heteroatoms. The maximum absolute atomic E-state index is 12.0. The summed E-state index contributed by atoms with van der Waals surface area (Å²) in [5.74, 6) is -0.521. The Hall–Kier alpha value is -2.43. The number of rotatable bonds is 3. The molecule has 0 saturated carbocycles. The average Bonchev–Trinajstić information content (AvgIpc) is 2.82. The predicted molar refractivity (Wildman–Crippen MR) is 81.4 cm³/mol. The van der Waals surface area contributed by atoms with Crippen molar-refractivity contribution in [3.63, 3.8) is 0 Å². The van der Waals surface area contributed by atoms with Crippen LogP contribution in [-0.2, 0) is 17.3 Å². The summed E-state index contributed by atoms with van der Waals surface area (Å²) in [6, 6.07) is 11.2. The summed E-state index contributed by atoms with van der Waals surface area (Å²) >= 11 is 0. The van der Waals surface area contributed by atoms with Crippen molar-refractivity contribution in [1.29, 1.82) is 0 Å². The maximum atomic E-state index is 12.0. The van der Waals surface area contributed by atoms with Crippen LogP contribution in [0.1, 0.15) is 42.5 Å². The van der Waals surface area contributed by atoms with Gasteiger partial charge in [-0.2, -0.15) is 5.10 Å². The number of nitrogens with zero attached hydrogens (tertiary/aromatic N) is 3. The highest BCUT2D eigenvalue weighted by molar-refractivity contribution is 5.88. The van der Waals surface area contributed by atoms with Gasteiger partial charge in [0.05, 0.1) is 11.9 Å². The topological polar surface area (TPSA) is 56.5 Å². The van der Waals surface area contributed by atoms with Crippen LogP contribution in [0.5, 0.6) is 0 Å². The first-order valence-corrected chi connectivity index (χ1v) is 6.72. The Morgan fingerprint density at radius 1 is 1.29 bits per heavy atom. The van der Waals surface area contributed by atoms with Crippen molar-refractivity contribution in [2.75, 3.05) is 0 Å². The van der Waals surface area contributed by atoms with E-state index in [1.165, 1.54) is 10.9 Å². The van der Waals surface area contributed by atoms with Crippen molar-refractivity contribution < 1.29 is 9.63 Å². The van der Waals surface area contributed by atoms with Gasteiger partial charge in [0.2, 0.25) is 0 Å².